The van der Waals surface area contributed by atoms with Gasteiger partial charge in [-0.15, -0.1) is 10.2 Å². The van der Waals surface area contributed by atoms with Crippen LogP contribution in [-0.2, 0) is 16.0 Å². The number of rotatable bonds is 7. The number of carbonyl (C=O) groups excluding carboxylic acids is 2. The van der Waals surface area contributed by atoms with Crippen LogP contribution in [0, 0.1) is 12.7 Å². The summed E-state index contributed by atoms with van der Waals surface area (Å²) in [7, 11) is 0. The number of thioether (sulfide) groups is 1. The Bertz CT molecular complexity index is 1030. The van der Waals surface area contributed by atoms with Gasteiger partial charge in [-0.3, -0.25) is 9.59 Å². The lowest BCUT2D eigenvalue weighted by Crippen LogP contribution is -2.14. The molecule has 0 saturated heterocycles. The van der Waals surface area contributed by atoms with Crippen LogP contribution in [0.1, 0.15) is 11.1 Å². The fourth-order valence-electron chi connectivity index (χ4n) is 2.26. The molecule has 0 saturated carbocycles. The van der Waals surface area contributed by atoms with E-state index in [0.717, 1.165) is 5.56 Å². The summed E-state index contributed by atoms with van der Waals surface area (Å²) in [4.78, 5) is 24.1. The zero-order chi connectivity index (χ0) is 20.8. The van der Waals surface area contributed by atoms with Crippen molar-refractivity contribution in [3.05, 3.63) is 64.4 Å². The number of hydrogen-bond acceptors (Lipinski definition) is 6. The van der Waals surface area contributed by atoms with Gasteiger partial charge < -0.3 is 10.6 Å². The molecular formula is C19H16ClFN4O2S2. The second kappa shape index (κ2) is 9.82. The number of aryl methyl sites for hydroxylation is 1. The van der Waals surface area contributed by atoms with Gasteiger partial charge in [-0.25, -0.2) is 4.39 Å². The molecule has 0 atom stereocenters. The third kappa shape index (κ3) is 6.52. The normalized spacial score (nSPS) is 10.6. The fraction of sp³-hybridized carbons (Fsp3) is 0.158. The Morgan fingerprint density at radius 2 is 1.86 bits per heavy atom. The van der Waals surface area contributed by atoms with E-state index in [1.54, 1.807) is 24.3 Å². The monoisotopic (exact) mass is 450 g/mol. The summed E-state index contributed by atoms with van der Waals surface area (Å²) in [6.45, 7) is 1.88. The first-order valence-electron chi connectivity index (χ1n) is 8.45. The van der Waals surface area contributed by atoms with Gasteiger partial charge in [-0.2, -0.15) is 0 Å². The van der Waals surface area contributed by atoms with E-state index in [9.17, 15) is 14.0 Å². The Labute approximate surface area is 179 Å². The Morgan fingerprint density at radius 1 is 1.10 bits per heavy atom. The molecule has 0 aliphatic carbocycles. The van der Waals surface area contributed by atoms with E-state index in [1.807, 2.05) is 13.0 Å². The minimum Gasteiger partial charge on any atom is -0.325 e. The summed E-state index contributed by atoms with van der Waals surface area (Å²) in [5.41, 5.74) is 2.25. The lowest BCUT2D eigenvalue weighted by Gasteiger charge is -2.06. The summed E-state index contributed by atoms with van der Waals surface area (Å²) in [5.74, 6) is -0.691. The average Bonchev–Trinajstić information content (AvgIpc) is 3.12. The molecule has 0 radical (unpaired) electrons. The fourth-order valence-corrected chi connectivity index (χ4v) is 4.01. The summed E-state index contributed by atoms with van der Waals surface area (Å²) in [6.07, 6.45) is 0.101. The first-order chi connectivity index (χ1) is 13.9. The number of benzene rings is 2. The molecule has 0 unspecified atom stereocenters. The Kier molecular flexibility index (Phi) is 7.18. The van der Waals surface area contributed by atoms with Crippen molar-refractivity contribution in [3.8, 4) is 0 Å². The third-order valence-electron chi connectivity index (χ3n) is 3.71. The number of nitrogens with zero attached hydrogens (tertiary/aromatic N) is 2. The van der Waals surface area contributed by atoms with Crippen molar-refractivity contribution >= 4 is 57.3 Å². The minimum absolute atomic E-state index is 0.101. The molecule has 0 fully saturated rings. The number of amides is 2. The minimum atomic E-state index is -0.352. The van der Waals surface area contributed by atoms with Crippen LogP contribution in [-0.4, -0.2) is 27.8 Å². The predicted molar refractivity (Wildman–Crippen MR) is 114 cm³/mol. The first kappa shape index (κ1) is 21.2. The molecule has 2 aromatic carbocycles. The van der Waals surface area contributed by atoms with Gasteiger partial charge in [0.05, 0.1) is 12.2 Å². The second-order valence-electron chi connectivity index (χ2n) is 6.03. The van der Waals surface area contributed by atoms with Crippen molar-refractivity contribution in [2.75, 3.05) is 16.4 Å². The van der Waals surface area contributed by atoms with Gasteiger partial charge in [0.25, 0.3) is 0 Å². The highest BCUT2D eigenvalue weighted by Gasteiger charge is 2.11. The van der Waals surface area contributed by atoms with E-state index in [-0.39, 0.29) is 29.8 Å². The van der Waals surface area contributed by atoms with Crippen LogP contribution in [0.3, 0.4) is 0 Å². The standard InChI is InChI=1S/C19H16ClFN4O2S2/c1-11-2-7-14(9-15(11)20)22-17(27)10-28-19-25-24-18(29-19)23-16(26)8-12-3-5-13(21)6-4-12/h2-7,9H,8,10H2,1H3,(H,22,27)(H,23,24,26). The highest BCUT2D eigenvalue weighted by Crippen LogP contribution is 2.26. The summed E-state index contributed by atoms with van der Waals surface area (Å²) in [6, 6.07) is 11.0. The molecule has 2 N–H and O–H groups in total. The van der Waals surface area contributed by atoms with Crippen molar-refractivity contribution < 1.29 is 14.0 Å². The first-order valence-corrected chi connectivity index (χ1v) is 10.6. The topological polar surface area (TPSA) is 84.0 Å². The smallest absolute Gasteiger partial charge is 0.234 e. The molecule has 0 aliphatic heterocycles. The molecule has 0 bridgehead atoms. The molecule has 29 heavy (non-hydrogen) atoms. The molecule has 10 heteroatoms. The number of nitrogens with one attached hydrogen (secondary N) is 2. The largest absolute Gasteiger partial charge is 0.325 e. The van der Waals surface area contributed by atoms with E-state index in [4.69, 9.17) is 11.6 Å². The van der Waals surface area contributed by atoms with Crippen molar-refractivity contribution in [1.29, 1.82) is 0 Å². The number of anilines is 2. The number of carbonyl (C=O) groups is 2. The van der Waals surface area contributed by atoms with Gasteiger partial charge in [0.15, 0.2) is 4.34 Å². The molecule has 2 amide bonds. The predicted octanol–water partition coefficient (Wildman–Crippen LogP) is 4.55. The van der Waals surface area contributed by atoms with E-state index in [2.05, 4.69) is 20.8 Å². The van der Waals surface area contributed by atoms with Gasteiger partial charge >= 0.3 is 0 Å². The molecule has 0 spiro atoms. The van der Waals surface area contributed by atoms with E-state index in [0.29, 0.717) is 25.7 Å². The maximum absolute atomic E-state index is 12.9. The van der Waals surface area contributed by atoms with Crippen LogP contribution in [0.15, 0.2) is 46.8 Å². The zero-order valence-electron chi connectivity index (χ0n) is 15.2. The number of aromatic nitrogens is 2. The Hall–Kier alpha value is -2.49. The lowest BCUT2D eigenvalue weighted by molar-refractivity contribution is -0.115. The summed E-state index contributed by atoms with van der Waals surface area (Å²) in [5, 5.41) is 14.2. The maximum Gasteiger partial charge on any atom is 0.234 e. The van der Waals surface area contributed by atoms with Crippen LogP contribution >= 0.6 is 34.7 Å². The van der Waals surface area contributed by atoms with Gasteiger partial charge in [0.2, 0.25) is 16.9 Å². The Balaban J connectivity index is 1.46. The molecular weight excluding hydrogens is 435 g/mol. The van der Waals surface area contributed by atoms with Gasteiger partial charge in [-0.05, 0) is 42.3 Å². The highest BCUT2D eigenvalue weighted by molar-refractivity contribution is 8.01. The van der Waals surface area contributed by atoms with Crippen LogP contribution < -0.4 is 10.6 Å². The maximum atomic E-state index is 12.9. The molecule has 150 valence electrons. The second-order valence-corrected chi connectivity index (χ2v) is 8.63. The van der Waals surface area contributed by atoms with Crippen LogP contribution in [0.2, 0.25) is 5.02 Å². The molecule has 1 aromatic heterocycles. The van der Waals surface area contributed by atoms with Crippen LogP contribution in [0.4, 0.5) is 15.2 Å². The van der Waals surface area contributed by atoms with Crippen molar-refractivity contribution in [3.63, 3.8) is 0 Å². The zero-order valence-corrected chi connectivity index (χ0v) is 17.6. The number of halogens is 2. The van der Waals surface area contributed by atoms with Crippen LogP contribution in [0.5, 0.6) is 0 Å². The van der Waals surface area contributed by atoms with Crippen LogP contribution in [0.25, 0.3) is 0 Å². The Morgan fingerprint density at radius 3 is 2.59 bits per heavy atom. The molecule has 1 heterocycles. The van der Waals surface area contributed by atoms with Gasteiger partial charge in [0.1, 0.15) is 5.82 Å². The van der Waals surface area contributed by atoms with Gasteiger partial charge in [0, 0.05) is 10.7 Å². The van der Waals surface area contributed by atoms with Gasteiger partial charge in [-0.1, -0.05) is 52.9 Å². The van der Waals surface area contributed by atoms with Crippen molar-refractivity contribution in [1.82, 2.24) is 10.2 Å². The molecule has 3 rings (SSSR count). The summed E-state index contributed by atoms with van der Waals surface area (Å²) >= 11 is 8.44. The third-order valence-corrected chi connectivity index (χ3v) is 6.09. The summed E-state index contributed by atoms with van der Waals surface area (Å²) < 4.78 is 13.5. The van der Waals surface area contributed by atoms with Crippen molar-refractivity contribution in [2.24, 2.45) is 0 Å². The quantitative estimate of drug-likeness (QED) is 0.407. The molecule has 6 nitrogen and oxygen atoms in total. The molecule has 3 aromatic rings. The highest BCUT2D eigenvalue weighted by atomic mass is 35.5. The molecule has 0 aliphatic rings. The van der Waals surface area contributed by atoms with E-state index < -0.39 is 0 Å². The SMILES string of the molecule is Cc1ccc(NC(=O)CSc2nnc(NC(=O)Cc3ccc(F)cc3)s2)cc1Cl. The lowest BCUT2D eigenvalue weighted by atomic mass is 10.1. The van der Waals surface area contributed by atoms with E-state index in [1.165, 1.54) is 35.2 Å². The van der Waals surface area contributed by atoms with E-state index >= 15 is 0 Å². The van der Waals surface area contributed by atoms with Crippen molar-refractivity contribution in [2.45, 2.75) is 17.7 Å². The number of hydrogen-bond donors (Lipinski definition) is 2. The average molecular weight is 451 g/mol.